The Hall–Kier alpha value is -0.870. The molecule has 1 aromatic heterocycles. The second-order valence-corrected chi connectivity index (χ2v) is 2.77. The van der Waals surface area contributed by atoms with Gasteiger partial charge < -0.3 is 5.43 Å². The van der Waals surface area contributed by atoms with Gasteiger partial charge in [-0.25, -0.2) is 15.8 Å². The molecule has 1 rings (SSSR count). The molecule has 0 aliphatic carbocycles. The first-order valence-electron chi connectivity index (χ1n) is 3.76. The lowest BCUT2D eigenvalue weighted by Crippen LogP contribution is -2.10. The summed E-state index contributed by atoms with van der Waals surface area (Å²) in [6.45, 7) is 2.06. The molecule has 1 aromatic rings. The minimum absolute atomic E-state index is 0.418. The monoisotopic (exact) mass is 186 g/mol. The van der Waals surface area contributed by atoms with Crippen LogP contribution in [0.4, 0.5) is 5.82 Å². The summed E-state index contributed by atoms with van der Waals surface area (Å²) in [5.74, 6) is 6.46. The van der Waals surface area contributed by atoms with E-state index in [4.69, 9.17) is 17.4 Å². The number of rotatable bonds is 3. The Morgan fingerprint density at radius 2 is 2.33 bits per heavy atom. The van der Waals surface area contributed by atoms with Crippen molar-refractivity contribution in [2.45, 2.75) is 19.8 Å². The largest absolute Gasteiger partial charge is 0.308 e. The molecule has 0 bridgehead atoms. The Morgan fingerprint density at radius 1 is 1.58 bits per heavy atom. The summed E-state index contributed by atoms with van der Waals surface area (Å²) in [6, 6.07) is 1.58. The van der Waals surface area contributed by atoms with Crippen LogP contribution in [-0.4, -0.2) is 9.97 Å². The highest BCUT2D eigenvalue weighted by Gasteiger charge is 2.00. The number of hydrogen-bond acceptors (Lipinski definition) is 4. The molecule has 0 unspecified atom stereocenters. The average molecular weight is 187 g/mol. The summed E-state index contributed by atoms with van der Waals surface area (Å²) < 4.78 is 0. The number of nitrogens with two attached hydrogens (primary N) is 1. The molecule has 5 heteroatoms. The molecule has 0 spiro atoms. The molecule has 0 aliphatic rings. The third-order valence-electron chi connectivity index (χ3n) is 1.36. The first-order valence-corrected chi connectivity index (χ1v) is 4.14. The van der Waals surface area contributed by atoms with E-state index >= 15 is 0 Å². The van der Waals surface area contributed by atoms with Crippen molar-refractivity contribution in [2.24, 2.45) is 5.84 Å². The molecule has 0 saturated heterocycles. The highest BCUT2D eigenvalue weighted by atomic mass is 35.5. The molecule has 0 fully saturated rings. The van der Waals surface area contributed by atoms with Gasteiger partial charge in [0, 0.05) is 12.5 Å². The molecule has 12 heavy (non-hydrogen) atoms. The Kier molecular flexibility index (Phi) is 3.25. The normalized spacial score (nSPS) is 9.92. The molecule has 1 heterocycles. The van der Waals surface area contributed by atoms with E-state index in [1.165, 1.54) is 0 Å². The van der Waals surface area contributed by atoms with Crippen molar-refractivity contribution < 1.29 is 0 Å². The van der Waals surface area contributed by atoms with Crippen LogP contribution < -0.4 is 11.3 Å². The van der Waals surface area contributed by atoms with Gasteiger partial charge in [-0.1, -0.05) is 18.5 Å². The number of aromatic nitrogens is 2. The van der Waals surface area contributed by atoms with Crippen molar-refractivity contribution in [3.05, 3.63) is 17.0 Å². The predicted molar refractivity (Wildman–Crippen MR) is 48.8 cm³/mol. The summed E-state index contributed by atoms with van der Waals surface area (Å²) in [5, 5.41) is 0.418. The van der Waals surface area contributed by atoms with Gasteiger partial charge in [0.05, 0.1) is 0 Å². The third kappa shape index (κ3) is 2.32. The van der Waals surface area contributed by atoms with Gasteiger partial charge in [0.1, 0.15) is 16.8 Å². The van der Waals surface area contributed by atoms with Crippen molar-refractivity contribution >= 4 is 17.4 Å². The lowest BCUT2D eigenvalue weighted by Gasteiger charge is -2.02. The van der Waals surface area contributed by atoms with Crippen molar-refractivity contribution in [1.82, 2.24) is 9.97 Å². The van der Waals surface area contributed by atoms with Crippen LogP contribution in [0.1, 0.15) is 19.2 Å². The maximum Gasteiger partial charge on any atom is 0.145 e. The second-order valence-electron chi connectivity index (χ2n) is 2.39. The van der Waals surface area contributed by atoms with Crippen molar-refractivity contribution in [2.75, 3.05) is 5.43 Å². The topological polar surface area (TPSA) is 63.8 Å². The molecule has 0 radical (unpaired) electrons. The zero-order chi connectivity index (χ0) is 8.97. The number of anilines is 1. The number of nitrogens with one attached hydrogen (secondary N) is 1. The van der Waals surface area contributed by atoms with E-state index in [-0.39, 0.29) is 0 Å². The fourth-order valence-corrected chi connectivity index (χ4v) is 1.07. The van der Waals surface area contributed by atoms with E-state index < -0.39 is 0 Å². The number of hydrogen-bond donors (Lipinski definition) is 2. The molecule has 0 saturated carbocycles. The van der Waals surface area contributed by atoms with E-state index in [2.05, 4.69) is 22.3 Å². The van der Waals surface area contributed by atoms with E-state index in [0.717, 1.165) is 18.7 Å². The van der Waals surface area contributed by atoms with Crippen LogP contribution in [0.15, 0.2) is 6.07 Å². The maximum absolute atomic E-state index is 5.72. The van der Waals surface area contributed by atoms with Gasteiger partial charge in [0.2, 0.25) is 0 Å². The van der Waals surface area contributed by atoms with Crippen LogP contribution in [0.25, 0.3) is 0 Å². The van der Waals surface area contributed by atoms with E-state index in [0.29, 0.717) is 11.0 Å². The highest BCUT2D eigenvalue weighted by Crippen LogP contribution is 2.11. The Balaban J connectivity index is 2.90. The van der Waals surface area contributed by atoms with Gasteiger partial charge >= 0.3 is 0 Å². The van der Waals surface area contributed by atoms with Crippen molar-refractivity contribution in [3.8, 4) is 0 Å². The molecular weight excluding hydrogens is 176 g/mol. The fourth-order valence-electron chi connectivity index (χ4n) is 0.874. The minimum Gasteiger partial charge on any atom is -0.308 e. The zero-order valence-electron chi connectivity index (χ0n) is 6.84. The second kappa shape index (κ2) is 4.23. The van der Waals surface area contributed by atoms with Crippen LogP contribution in [0.2, 0.25) is 5.15 Å². The van der Waals surface area contributed by atoms with Crippen molar-refractivity contribution in [3.63, 3.8) is 0 Å². The summed E-state index contributed by atoms with van der Waals surface area (Å²) in [6.07, 6.45) is 1.81. The van der Waals surface area contributed by atoms with Crippen LogP contribution in [-0.2, 0) is 6.42 Å². The molecule has 0 atom stereocenters. The summed E-state index contributed by atoms with van der Waals surface area (Å²) in [5.41, 5.74) is 2.43. The van der Waals surface area contributed by atoms with Gasteiger partial charge in [0.15, 0.2) is 0 Å². The smallest absolute Gasteiger partial charge is 0.145 e. The number of aryl methyl sites for hydroxylation is 1. The van der Waals surface area contributed by atoms with Crippen LogP contribution >= 0.6 is 11.6 Å². The number of hydrazine groups is 1. The molecule has 0 aliphatic heterocycles. The Morgan fingerprint density at radius 3 is 2.92 bits per heavy atom. The molecule has 66 valence electrons. The van der Waals surface area contributed by atoms with Crippen LogP contribution in [0.3, 0.4) is 0 Å². The number of halogens is 1. The average Bonchev–Trinajstić information content (AvgIpc) is 2.04. The molecule has 0 aromatic carbocycles. The predicted octanol–water partition coefficient (Wildman–Crippen LogP) is 1.37. The Labute approximate surface area is 76.1 Å². The number of nitrogens with zero attached hydrogens (tertiary/aromatic N) is 2. The molecular formula is C7H11ClN4. The molecule has 4 nitrogen and oxygen atoms in total. The molecule has 0 amide bonds. The van der Waals surface area contributed by atoms with Gasteiger partial charge in [0.25, 0.3) is 0 Å². The lowest BCUT2D eigenvalue weighted by molar-refractivity contribution is 0.835. The minimum atomic E-state index is 0.418. The fraction of sp³-hybridized carbons (Fsp3) is 0.429. The number of nitrogen functional groups attached to an aromatic ring is 1. The van der Waals surface area contributed by atoms with Gasteiger partial charge in [-0.2, -0.15) is 0 Å². The quantitative estimate of drug-likeness (QED) is 0.425. The van der Waals surface area contributed by atoms with Gasteiger partial charge in [-0.3, -0.25) is 0 Å². The standard InChI is InChI=1S/C7H11ClN4/c1-2-3-6-10-5(8)4-7(11-6)12-9/h4H,2-3,9H2,1H3,(H,10,11,12). The third-order valence-corrected chi connectivity index (χ3v) is 1.56. The lowest BCUT2D eigenvalue weighted by atomic mass is 10.3. The first kappa shape index (κ1) is 9.22. The van der Waals surface area contributed by atoms with E-state index in [1.807, 2.05) is 0 Å². The molecule has 3 N–H and O–H groups in total. The SMILES string of the molecule is CCCc1nc(Cl)cc(NN)n1. The Bertz CT molecular complexity index is 264. The maximum atomic E-state index is 5.72. The van der Waals surface area contributed by atoms with Gasteiger partial charge in [-0.15, -0.1) is 0 Å². The highest BCUT2D eigenvalue weighted by molar-refractivity contribution is 6.29. The summed E-state index contributed by atoms with van der Waals surface area (Å²) in [7, 11) is 0. The first-order chi connectivity index (χ1) is 5.76. The van der Waals surface area contributed by atoms with E-state index in [9.17, 15) is 0 Å². The zero-order valence-corrected chi connectivity index (χ0v) is 7.60. The van der Waals surface area contributed by atoms with Crippen LogP contribution in [0.5, 0.6) is 0 Å². The summed E-state index contributed by atoms with van der Waals surface area (Å²) >= 11 is 5.72. The van der Waals surface area contributed by atoms with E-state index in [1.54, 1.807) is 6.07 Å². The van der Waals surface area contributed by atoms with Crippen molar-refractivity contribution in [1.29, 1.82) is 0 Å². The summed E-state index contributed by atoms with van der Waals surface area (Å²) in [4.78, 5) is 8.14. The van der Waals surface area contributed by atoms with Crippen LogP contribution in [0, 0.1) is 0 Å². The van der Waals surface area contributed by atoms with Gasteiger partial charge in [-0.05, 0) is 6.42 Å².